The minimum absolute atomic E-state index is 0.0917. The van der Waals surface area contributed by atoms with Gasteiger partial charge in [-0.1, -0.05) is 11.6 Å². The van der Waals surface area contributed by atoms with Crippen molar-refractivity contribution >= 4 is 45.8 Å². The van der Waals surface area contributed by atoms with E-state index in [4.69, 9.17) is 11.6 Å². The molecule has 0 aliphatic rings. The zero-order valence-corrected chi connectivity index (χ0v) is 10.8. The Balaban J connectivity index is 2.20. The fourth-order valence-electron chi connectivity index (χ4n) is 1.08. The minimum atomic E-state index is -0.475. The number of halogens is 3. The van der Waals surface area contributed by atoms with Gasteiger partial charge in [0.2, 0.25) is 5.95 Å². The molecule has 1 aromatic heterocycles. The minimum Gasteiger partial charge on any atom is -0.324 e. The van der Waals surface area contributed by atoms with Crippen molar-refractivity contribution < 1.29 is 4.39 Å². The van der Waals surface area contributed by atoms with Gasteiger partial charge in [-0.3, -0.25) is 0 Å². The first kappa shape index (κ1) is 11.5. The van der Waals surface area contributed by atoms with Crippen LogP contribution in [0.25, 0.3) is 0 Å². The molecule has 3 nitrogen and oxygen atoms in total. The van der Waals surface area contributed by atoms with Crippen molar-refractivity contribution in [2.75, 3.05) is 5.32 Å². The fraction of sp³-hybridized carbons (Fsp3) is 0. The first-order chi connectivity index (χ1) is 7.65. The molecule has 6 heteroatoms. The van der Waals surface area contributed by atoms with E-state index in [1.54, 1.807) is 18.5 Å². The lowest BCUT2D eigenvalue weighted by Crippen LogP contribution is -1.97. The molecule has 0 radical (unpaired) electrons. The molecule has 2 aromatic rings. The zero-order chi connectivity index (χ0) is 11.5. The fourth-order valence-corrected chi connectivity index (χ4v) is 1.48. The molecule has 16 heavy (non-hydrogen) atoms. The summed E-state index contributed by atoms with van der Waals surface area (Å²) in [4.78, 5) is 8.08. The highest BCUT2D eigenvalue weighted by atomic mass is 127. The van der Waals surface area contributed by atoms with Gasteiger partial charge in [-0.05, 0) is 40.8 Å². The van der Waals surface area contributed by atoms with Crippen LogP contribution in [0.1, 0.15) is 0 Å². The molecule has 2 rings (SSSR count). The molecule has 82 valence electrons. The van der Waals surface area contributed by atoms with Crippen LogP contribution in [0.3, 0.4) is 0 Å². The second kappa shape index (κ2) is 4.92. The van der Waals surface area contributed by atoms with Gasteiger partial charge in [0.1, 0.15) is 5.82 Å². The SMILES string of the molecule is Fc1cc(Nc2ncc(I)cn2)ccc1Cl. The molecule has 0 saturated carbocycles. The molecule has 0 unspecified atom stereocenters. The molecule has 0 aliphatic heterocycles. The summed E-state index contributed by atoms with van der Waals surface area (Å²) in [5, 5.41) is 2.97. The molecule has 0 bridgehead atoms. The summed E-state index contributed by atoms with van der Waals surface area (Å²) in [6, 6.07) is 4.43. The molecule has 1 aromatic carbocycles. The number of benzene rings is 1. The van der Waals surface area contributed by atoms with Gasteiger partial charge in [-0.25, -0.2) is 14.4 Å². The van der Waals surface area contributed by atoms with E-state index in [0.717, 1.165) is 3.57 Å². The van der Waals surface area contributed by atoms with Gasteiger partial charge < -0.3 is 5.32 Å². The van der Waals surface area contributed by atoms with E-state index >= 15 is 0 Å². The van der Waals surface area contributed by atoms with E-state index in [1.165, 1.54) is 12.1 Å². The van der Waals surface area contributed by atoms with Crippen LogP contribution in [-0.4, -0.2) is 9.97 Å². The van der Waals surface area contributed by atoms with Gasteiger partial charge in [-0.15, -0.1) is 0 Å². The number of nitrogens with one attached hydrogen (secondary N) is 1. The molecule has 0 fully saturated rings. The third-order valence-corrected chi connectivity index (χ3v) is 2.66. The monoisotopic (exact) mass is 349 g/mol. The molecule has 0 amide bonds. The molecule has 0 spiro atoms. The predicted octanol–water partition coefficient (Wildman–Crippen LogP) is 3.62. The van der Waals surface area contributed by atoms with Gasteiger partial charge in [0.25, 0.3) is 0 Å². The average molecular weight is 350 g/mol. The van der Waals surface area contributed by atoms with Crippen LogP contribution in [0.5, 0.6) is 0 Å². The van der Waals surface area contributed by atoms with Crippen LogP contribution in [0.4, 0.5) is 16.0 Å². The van der Waals surface area contributed by atoms with Gasteiger partial charge in [-0.2, -0.15) is 0 Å². The first-order valence-corrected chi connectivity index (χ1v) is 5.80. The van der Waals surface area contributed by atoms with Crippen molar-refractivity contribution in [3.05, 3.63) is 45.0 Å². The summed E-state index contributed by atoms with van der Waals surface area (Å²) in [5.41, 5.74) is 0.558. The van der Waals surface area contributed by atoms with E-state index in [1.807, 2.05) is 0 Å². The Kier molecular flexibility index (Phi) is 3.55. The predicted molar refractivity (Wildman–Crippen MR) is 69.4 cm³/mol. The largest absolute Gasteiger partial charge is 0.324 e. The third kappa shape index (κ3) is 2.79. The molecule has 0 aliphatic carbocycles. The third-order valence-electron chi connectivity index (χ3n) is 1.80. The van der Waals surface area contributed by atoms with Crippen molar-refractivity contribution in [2.45, 2.75) is 0 Å². The van der Waals surface area contributed by atoms with Crippen molar-refractivity contribution in [2.24, 2.45) is 0 Å². The lowest BCUT2D eigenvalue weighted by molar-refractivity contribution is 0.629. The lowest BCUT2D eigenvalue weighted by atomic mass is 10.3. The second-order valence-corrected chi connectivity index (χ2v) is 4.63. The molecular weight excluding hydrogens is 343 g/mol. The summed E-state index contributed by atoms with van der Waals surface area (Å²) in [5.74, 6) is -0.0562. The smallest absolute Gasteiger partial charge is 0.227 e. The van der Waals surface area contributed by atoms with Gasteiger partial charge in [0.15, 0.2) is 0 Å². The summed E-state index contributed by atoms with van der Waals surface area (Å²) in [6.07, 6.45) is 3.34. The number of hydrogen-bond acceptors (Lipinski definition) is 3. The van der Waals surface area contributed by atoms with Crippen molar-refractivity contribution in [3.63, 3.8) is 0 Å². The van der Waals surface area contributed by atoms with Crippen LogP contribution < -0.4 is 5.32 Å². The number of rotatable bonds is 2. The maximum absolute atomic E-state index is 13.1. The number of aromatic nitrogens is 2. The van der Waals surface area contributed by atoms with Crippen LogP contribution in [-0.2, 0) is 0 Å². The van der Waals surface area contributed by atoms with E-state index < -0.39 is 5.82 Å². The Bertz CT molecular complexity index is 504. The molecule has 1 heterocycles. The standard InChI is InChI=1S/C10H6ClFIN3/c11-8-2-1-7(3-9(8)12)16-10-14-4-6(13)5-15-10/h1-5H,(H,14,15,16). The Morgan fingerprint density at radius 3 is 2.56 bits per heavy atom. The Hall–Kier alpha value is -0.950. The highest BCUT2D eigenvalue weighted by molar-refractivity contribution is 14.1. The van der Waals surface area contributed by atoms with E-state index in [0.29, 0.717) is 11.6 Å². The topological polar surface area (TPSA) is 37.8 Å². The normalized spacial score (nSPS) is 10.2. The number of nitrogens with zero attached hydrogens (tertiary/aromatic N) is 2. The van der Waals surface area contributed by atoms with E-state index in [2.05, 4.69) is 37.9 Å². The van der Waals surface area contributed by atoms with Crippen molar-refractivity contribution in [1.82, 2.24) is 9.97 Å². The van der Waals surface area contributed by atoms with E-state index in [-0.39, 0.29) is 5.02 Å². The van der Waals surface area contributed by atoms with Crippen LogP contribution in [0, 0.1) is 9.39 Å². The molecular formula is C10H6ClFIN3. The Labute approximate surface area is 110 Å². The van der Waals surface area contributed by atoms with Crippen LogP contribution in [0.15, 0.2) is 30.6 Å². The van der Waals surface area contributed by atoms with E-state index in [9.17, 15) is 4.39 Å². The van der Waals surface area contributed by atoms with Gasteiger partial charge >= 0.3 is 0 Å². The number of anilines is 2. The van der Waals surface area contributed by atoms with Gasteiger partial charge in [0, 0.05) is 21.7 Å². The maximum Gasteiger partial charge on any atom is 0.227 e. The highest BCUT2D eigenvalue weighted by Crippen LogP contribution is 2.20. The van der Waals surface area contributed by atoms with Crippen LogP contribution >= 0.6 is 34.2 Å². The van der Waals surface area contributed by atoms with Crippen LogP contribution in [0.2, 0.25) is 5.02 Å². The summed E-state index contributed by atoms with van der Waals surface area (Å²) >= 11 is 7.68. The molecule has 1 N–H and O–H groups in total. The summed E-state index contributed by atoms with van der Waals surface area (Å²) in [7, 11) is 0. The Morgan fingerprint density at radius 1 is 1.25 bits per heavy atom. The summed E-state index contributed by atoms with van der Waals surface area (Å²) in [6.45, 7) is 0. The molecule has 0 atom stereocenters. The average Bonchev–Trinajstić information content (AvgIpc) is 2.27. The summed E-state index contributed by atoms with van der Waals surface area (Å²) < 4.78 is 14.1. The Morgan fingerprint density at radius 2 is 1.94 bits per heavy atom. The highest BCUT2D eigenvalue weighted by Gasteiger charge is 2.02. The maximum atomic E-state index is 13.1. The van der Waals surface area contributed by atoms with Gasteiger partial charge in [0.05, 0.1) is 5.02 Å². The van der Waals surface area contributed by atoms with Crippen molar-refractivity contribution in [3.8, 4) is 0 Å². The number of hydrogen-bond donors (Lipinski definition) is 1. The first-order valence-electron chi connectivity index (χ1n) is 4.35. The zero-order valence-electron chi connectivity index (χ0n) is 7.92. The quantitative estimate of drug-likeness (QED) is 0.842. The molecule has 0 saturated heterocycles. The second-order valence-electron chi connectivity index (χ2n) is 2.98. The van der Waals surface area contributed by atoms with Crippen molar-refractivity contribution in [1.29, 1.82) is 0 Å². The lowest BCUT2D eigenvalue weighted by Gasteiger charge is -2.04.